The summed E-state index contributed by atoms with van der Waals surface area (Å²) in [5.41, 5.74) is 0. The van der Waals surface area contributed by atoms with E-state index >= 15 is 0 Å². The average Bonchev–Trinajstić information content (AvgIpc) is 2.69. The molecule has 1 heterocycles. The molecule has 1 unspecified atom stereocenters. The molecule has 0 aromatic carbocycles. The Balaban J connectivity index is 2.02. The van der Waals surface area contributed by atoms with Gasteiger partial charge in [0.2, 0.25) is 5.91 Å². The molecule has 98 valence electrons. The van der Waals surface area contributed by atoms with Gasteiger partial charge in [0.1, 0.15) is 0 Å². The number of amides is 1. The molecule has 1 atom stereocenters. The van der Waals surface area contributed by atoms with Gasteiger partial charge in [-0.25, -0.2) is 0 Å². The lowest BCUT2D eigenvalue weighted by molar-refractivity contribution is -0.134. The van der Waals surface area contributed by atoms with Gasteiger partial charge in [-0.2, -0.15) is 11.8 Å². The number of carbonyl (C=O) groups is 1. The Hall–Kier alpha value is -0.220. The zero-order valence-corrected chi connectivity index (χ0v) is 11.6. The van der Waals surface area contributed by atoms with E-state index < -0.39 is 0 Å². The van der Waals surface area contributed by atoms with Crippen LogP contribution < -0.4 is 5.32 Å². The molecule has 1 amide bonds. The molecule has 1 aliphatic carbocycles. The van der Waals surface area contributed by atoms with Gasteiger partial charge in [0.25, 0.3) is 0 Å². The molecule has 0 spiro atoms. The second kappa shape index (κ2) is 6.64. The highest BCUT2D eigenvalue weighted by Gasteiger charge is 2.30. The van der Waals surface area contributed by atoms with Crippen molar-refractivity contribution < 1.29 is 4.79 Å². The second-order valence-corrected chi connectivity index (χ2v) is 6.24. The normalized spacial score (nSPS) is 28.9. The van der Waals surface area contributed by atoms with E-state index in [1.54, 1.807) is 0 Å². The lowest BCUT2D eigenvalue weighted by atomic mass is 10.1. The summed E-state index contributed by atoms with van der Waals surface area (Å²) in [5, 5.41) is 3.17. The van der Waals surface area contributed by atoms with Gasteiger partial charge < -0.3 is 10.2 Å². The lowest BCUT2D eigenvalue weighted by Crippen LogP contribution is -2.49. The molecule has 0 aromatic heterocycles. The molecule has 3 nitrogen and oxygen atoms in total. The predicted octanol–water partition coefficient (Wildman–Crippen LogP) is 1.87. The fourth-order valence-corrected chi connectivity index (χ4v) is 3.92. The average molecular weight is 256 g/mol. The van der Waals surface area contributed by atoms with Crippen molar-refractivity contribution in [2.45, 2.75) is 50.6 Å². The van der Waals surface area contributed by atoms with Crippen molar-refractivity contribution in [2.75, 3.05) is 25.1 Å². The number of thioether (sulfide) groups is 1. The first-order valence-electron chi connectivity index (χ1n) is 6.88. The van der Waals surface area contributed by atoms with Gasteiger partial charge in [0, 0.05) is 24.1 Å². The third kappa shape index (κ3) is 3.38. The van der Waals surface area contributed by atoms with Gasteiger partial charge >= 0.3 is 0 Å². The quantitative estimate of drug-likeness (QED) is 0.766. The molecule has 0 bridgehead atoms. The molecule has 1 aliphatic heterocycles. The zero-order valence-electron chi connectivity index (χ0n) is 10.8. The first-order chi connectivity index (χ1) is 8.33. The van der Waals surface area contributed by atoms with Crippen LogP contribution in [0, 0.1) is 0 Å². The fraction of sp³-hybridized carbons (Fsp3) is 0.923. The fourth-order valence-electron chi connectivity index (χ4n) is 2.88. The van der Waals surface area contributed by atoms with E-state index in [0.717, 1.165) is 18.1 Å². The highest BCUT2D eigenvalue weighted by atomic mass is 32.2. The van der Waals surface area contributed by atoms with Crippen molar-refractivity contribution in [3.63, 3.8) is 0 Å². The van der Waals surface area contributed by atoms with Crippen LogP contribution in [0.5, 0.6) is 0 Å². The number of likely N-dealkylation sites (N-methyl/N-ethyl adjacent to an activating group) is 1. The summed E-state index contributed by atoms with van der Waals surface area (Å²) in [5.74, 6) is 2.36. The summed E-state index contributed by atoms with van der Waals surface area (Å²) in [6.07, 6.45) is 7.72. The maximum Gasteiger partial charge on any atom is 0.240 e. The van der Waals surface area contributed by atoms with Crippen molar-refractivity contribution in [1.29, 1.82) is 0 Å². The van der Waals surface area contributed by atoms with E-state index in [1.165, 1.54) is 38.5 Å². The van der Waals surface area contributed by atoms with Gasteiger partial charge in [0.15, 0.2) is 0 Å². The molecule has 4 heteroatoms. The molecule has 17 heavy (non-hydrogen) atoms. The SMILES string of the molecule is CNC1CSCCN(C2CCCCCC2)C1=O. The third-order valence-electron chi connectivity index (χ3n) is 3.96. The standard InChI is InChI=1S/C13H24N2OS/c1-14-12-10-17-9-8-15(13(12)16)11-6-4-2-3-5-7-11/h11-12,14H,2-10H2,1H3. The predicted molar refractivity (Wildman–Crippen MR) is 73.4 cm³/mol. The van der Waals surface area contributed by atoms with Gasteiger partial charge in [-0.1, -0.05) is 25.7 Å². The van der Waals surface area contributed by atoms with Crippen LogP contribution >= 0.6 is 11.8 Å². The molecule has 2 fully saturated rings. The van der Waals surface area contributed by atoms with E-state index in [-0.39, 0.29) is 6.04 Å². The molecule has 2 aliphatic rings. The van der Waals surface area contributed by atoms with Crippen molar-refractivity contribution in [3.05, 3.63) is 0 Å². The molecule has 0 radical (unpaired) electrons. The van der Waals surface area contributed by atoms with E-state index in [1.807, 2.05) is 18.8 Å². The Kier molecular flexibility index (Phi) is 5.16. The van der Waals surface area contributed by atoms with Crippen molar-refractivity contribution >= 4 is 17.7 Å². The second-order valence-electron chi connectivity index (χ2n) is 5.09. The minimum Gasteiger partial charge on any atom is -0.338 e. The lowest BCUT2D eigenvalue weighted by Gasteiger charge is -2.32. The van der Waals surface area contributed by atoms with E-state index in [9.17, 15) is 4.79 Å². The minimum absolute atomic E-state index is 0.0331. The monoisotopic (exact) mass is 256 g/mol. The molecule has 1 saturated heterocycles. The Morgan fingerprint density at radius 1 is 1.24 bits per heavy atom. The summed E-state index contributed by atoms with van der Waals surface area (Å²) >= 11 is 1.90. The van der Waals surface area contributed by atoms with Crippen molar-refractivity contribution in [1.82, 2.24) is 10.2 Å². The smallest absolute Gasteiger partial charge is 0.240 e. The Morgan fingerprint density at radius 2 is 1.94 bits per heavy atom. The molecule has 1 saturated carbocycles. The Morgan fingerprint density at radius 3 is 2.59 bits per heavy atom. The van der Waals surface area contributed by atoms with Crippen LogP contribution in [-0.4, -0.2) is 48.0 Å². The van der Waals surface area contributed by atoms with Gasteiger partial charge in [0.05, 0.1) is 6.04 Å². The summed E-state index contributed by atoms with van der Waals surface area (Å²) < 4.78 is 0. The van der Waals surface area contributed by atoms with Gasteiger partial charge in [-0.05, 0) is 19.9 Å². The molecule has 0 aromatic rings. The number of carbonyl (C=O) groups excluding carboxylic acids is 1. The van der Waals surface area contributed by atoms with Crippen LogP contribution in [0.1, 0.15) is 38.5 Å². The molecular weight excluding hydrogens is 232 g/mol. The number of nitrogens with zero attached hydrogens (tertiary/aromatic N) is 1. The number of nitrogens with one attached hydrogen (secondary N) is 1. The van der Waals surface area contributed by atoms with Gasteiger partial charge in [-0.15, -0.1) is 0 Å². The Bertz CT molecular complexity index is 252. The largest absolute Gasteiger partial charge is 0.338 e. The first kappa shape index (κ1) is 13.2. The summed E-state index contributed by atoms with van der Waals surface area (Å²) in [7, 11) is 1.90. The topological polar surface area (TPSA) is 32.3 Å². The summed E-state index contributed by atoms with van der Waals surface area (Å²) in [6, 6.07) is 0.547. The molecular formula is C13H24N2OS. The molecule has 1 N–H and O–H groups in total. The van der Waals surface area contributed by atoms with Gasteiger partial charge in [-0.3, -0.25) is 4.79 Å². The van der Waals surface area contributed by atoms with Crippen molar-refractivity contribution in [3.8, 4) is 0 Å². The highest BCUT2D eigenvalue weighted by molar-refractivity contribution is 7.99. The number of hydrogen-bond acceptors (Lipinski definition) is 3. The van der Waals surface area contributed by atoms with E-state index in [0.29, 0.717) is 11.9 Å². The maximum absolute atomic E-state index is 12.4. The molecule has 2 rings (SSSR count). The summed E-state index contributed by atoms with van der Waals surface area (Å²) in [4.78, 5) is 14.6. The van der Waals surface area contributed by atoms with Crippen LogP contribution in [-0.2, 0) is 4.79 Å². The van der Waals surface area contributed by atoms with E-state index in [2.05, 4.69) is 10.2 Å². The summed E-state index contributed by atoms with van der Waals surface area (Å²) in [6.45, 7) is 0.951. The van der Waals surface area contributed by atoms with Crippen molar-refractivity contribution in [2.24, 2.45) is 0 Å². The van der Waals surface area contributed by atoms with E-state index in [4.69, 9.17) is 0 Å². The third-order valence-corrected chi connectivity index (χ3v) is 5.00. The first-order valence-corrected chi connectivity index (χ1v) is 8.04. The number of hydrogen-bond donors (Lipinski definition) is 1. The van der Waals surface area contributed by atoms with Crippen LogP contribution in [0.25, 0.3) is 0 Å². The zero-order chi connectivity index (χ0) is 12.1. The Labute approximate surface area is 109 Å². The van der Waals surface area contributed by atoms with Crippen LogP contribution in [0.2, 0.25) is 0 Å². The van der Waals surface area contributed by atoms with Crippen LogP contribution in [0.4, 0.5) is 0 Å². The minimum atomic E-state index is 0.0331. The van der Waals surface area contributed by atoms with Crippen LogP contribution in [0.15, 0.2) is 0 Å². The van der Waals surface area contributed by atoms with Crippen LogP contribution in [0.3, 0.4) is 0 Å². The number of rotatable bonds is 2. The highest BCUT2D eigenvalue weighted by Crippen LogP contribution is 2.24. The maximum atomic E-state index is 12.4.